The van der Waals surface area contributed by atoms with Gasteiger partial charge in [-0.1, -0.05) is 0 Å². The Hall–Kier alpha value is -1.01. The fourth-order valence-electron chi connectivity index (χ4n) is 1.66. The zero-order chi connectivity index (χ0) is 12.3. The molecule has 2 heterocycles. The Bertz CT molecular complexity index is 424. The van der Waals surface area contributed by atoms with Crippen LogP contribution in [-0.4, -0.2) is 30.0 Å². The van der Waals surface area contributed by atoms with E-state index in [0.717, 1.165) is 18.6 Å². The summed E-state index contributed by atoms with van der Waals surface area (Å²) >= 11 is 2.94. The van der Waals surface area contributed by atoms with Crippen LogP contribution in [0.4, 0.5) is 5.69 Å². The lowest BCUT2D eigenvalue weighted by atomic mass is 10.2. The largest absolute Gasteiger partial charge is 0.465 e. The topological polar surface area (TPSA) is 55.4 Å². The summed E-state index contributed by atoms with van der Waals surface area (Å²) in [6.45, 7) is 0. The van der Waals surface area contributed by atoms with E-state index in [-0.39, 0.29) is 11.2 Å². The Morgan fingerprint density at radius 1 is 1.53 bits per heavy atom. The minimum Gasteiger partial charge on any atom is -0.465 e. The Morgan fingerprint density at radius 2 is 2.35 bits per heavy atom. The van der Waals surface area contributed by atoms with Crippen LogP contribution in [0.2, 0.25) is 0 Å². The molecule has 0 bridgehead atoms. The van der Waals surface area contributed by atoms with Crippen molar-refractivity contribution in [3.05, 3.63) is 16.3 Å². The van der Waals surface area contributed by atoms with Crippen LogP contribution in [0.15, 0.2) is 11.4 Å². The molecule has 1 aliphatic heterocycles. The van der Waals surface area contributed by atoms with Gasteiger partial charge in [-0.2, -0.15) is 0 Å². The summed E-state index contributed by atoms with van der Waals surface area (Å²) in [5.41, 5.74) is 0.555. The van der Waals surface area contributed by atoms with E-state index < -0.39 is 5.97 Å². The molecule has 2 rings (SSSR count). The van der Waals surface area contributed by atoms with Crippen LogP contribution in [0.5, 0.6) is 0 Å². The minimum atomic E-state index is -0.408. The standard InChI is InChI=1S/C11H13NO3S2/c1-15-11(14)9-7(4-6-17-9)12-10(13)8-3-2-5-16-8/h4,6,8H,2-3,5H2,1H3,(H,12,13)/t8-/m0/s1. The van der Waals surface area contributed by atoms with E-state index in [1.54, 1.807) is 23.2 Å². The molecule has 1 fully saturated rings. The summed E-state index contributed by atoms with van der Waals surface area (Å²) in [4.78, 5) is 23.8. The molecule has 1 atom stereocenters. The van der Waals surface area contributed by atoms with Gasteiger partial charge in [0, 0.05) is 0 Å². The molecule has 1 aliphatic rings. The zero-order valence-corrected chi connectivity index (χ0v) is 11.0. The molecule has 6 heteroatoms. The third-order valence-corrected chi connectivity index (χ3v) is 4.79. The van der Waals surface area contributed by atoms with Crippen LogP contribution in [-0.2, 0) is 9.53 Å². The first-order chi connectivity index (χ1) is 8.22. The molecule has 1 aromatic heterocycles. The number of amides is 1. The third-order valence-electron chi connectivity index (χ3n) is 2.52. The summed E-state index contributed by atoms with van der Waals surface area (Å²) in [6.07, 6.45) is 1.99. The fourth-order valence-corrected chi connectivity index (χ4v) is 3.58. The maximum absolute atomic E-state index is 11.9. The highest BCUT2D eigenvalue weighted by atomic mass is 32.2. The normalized spacial score (nSPS) is 19.0. The highest BCUT2D eigenvalue weighted by Crippen LogP contribution is 2.29. The van der Waals surface area contributed by atoms with Gasteiger partial charge in [0.1, 0.15) is 4.88 Å². The molecule has 92 valence electrons. The molecule has 1 N–H and O–H groups in total. The Balaban J connectivity index is 2.05. The maximum atomic E-state index is 11.9. The second kappa shape index (κ2) is 5.55. The van der Waals surface area contributed by atoms with Crippen molar-refractivity contribution < 1.29 is 14.3 Å². The fraction of sp³-hybridized carbons (Fsp3) is 0.455. The van der Waals surface area contributed by atoms with Gasteiger partial charge in [-0.25, -0.2) is 4.79 Å². The van der Waals surface area contributed by atoms with E-state index in [1.807, 2.05) is 0 Å². The van der Waals surface area contributed by atoms with Crippen LogP contribution in [0, 0.1) is 0 Å². The van der Waals surface area contributed by atoms with Crippen molar-refractivity contribution in [2.75, 3.05) is 18.2 Å². The lowest BCUT2D eigenvalue weighted by molar-refractivity contribution is -0.115. The van der Waals surface area contributed by atoms with Gasteiger partial charge in [0.05, 0.1) is 18.0 Å². The number of carbonyl (C=O) groups is 2. The van der Waals surface area contributed by atoms with E-state index in [0.29, 0.717) is 10.6 Å². The van der Waals surface area contributed by atoms with Gasteiger partial charge < -0.3 is 10.1 Å². The van der Waals surface area contributed by atoms with Crippen molar-refractivity contribution in [3.63, 3.8) is 0 Å². The zero-order valence-electron chi connectivity index (χ0n) is 9.39. The van der Waals surface area contributed by atoms with Gasteiger partial charge in [0.15, 0.2) is 0 Å². The van der Waals surface area contributed by atoms with Gasteiger partial charge in [-0.3, -0.25) is 4.79 Å². The molecular formula is C11H13NO3S2. The van der Waals surface area contributed by atoms with Gasteiger partial charge in [0.25, 0.3) is 0 Å². The van der Waals surface area contributed by atoms with Crippen LogP contribution < -0.4 is 5.32 Å². The summed E-state index contributed by atoms with van der Waals surface area (Å²) < 4.78 is 4.66. The number of thioether (sulfide) groups is 1. The quantitative estimate of drug-likeness (QED) is 0.858. The van der Waals surface area contributed by atoms with Crippen LogP contribution in [0.3, 0.4) is 0 Å². The molecule has 1 aromatic rings. The molecule has 1 saturated heterocycles. The number of nitrogens with one attached hydrogen (secondary N) is 1. The third kappa shape index (κ3) is 2.81. The average molecular weight is 271 g/mol. The predicted molar refractivity (Wildman–Crippen MR) is 69.8 cm³/mol. The van der Waals surface area contributed by atoms with E-state index in [2.05, 4.69) is 10.1 Å². The molecule has 0 radical (unpaired) electrons. The highest BCUT2D eigenvalue weighted by Gasteiger charge is 2.25. The first-order valence-electron chi connectivity index (χ1n) is 5.30. The monoisotopic (exact) mass is 271 g/mol. The van der Waals surface area contributed by atoms with Gasteiger partial charge in [-0.05, 0) is 30.0 Å². The second-order valence-corrected chi connectivity index (χ2v) is 5.87. The average Bonchev–Trinajstić information content (AvgIpc) is 2.98. The predicted octanol–water partition coefficient (Wildman–Crippen LogP) is 2.37. The lowest BCUT2D eigenvalue weighted by Gasteiger charge is -2.09. The molecule has 0 spiro atoms. The van der Waals surface area contributed by atoms with Crippen LogP contribution >= 0.6 is 23.1 Å². The van der Waals surface area contributed by atoms with E-state index in [4.69, 9.17) is 0 Å². The second-order valence-electron chi connectivity index (χ2n) is 3.65. The number of anilines is 1. The van der Waals surface area contributed by atoms with Gasteiger partial charge in [0.2, 0.25) is 5.91 Å². The van der Waals surface area contributed by atoms with E-state index >= 15 is 0 Å². The SMILES string of the molecule is COC(=O)c1sccc1NC(=O)[C@@H]1CCCS1. The van der Waals surface area contributed by atoms with Crippen molar-refractivity contribution >= 4 is 40.7 Å². The molecule has 17 heavy (non-hydrogen) atoms. The Morgan fingerprint density at radius 3 is 3.00 bits per heavy atom. The number of esters is 1. The van der Waals surface area contributed by atoms with E-state index in [1.165, 1.54) is 18.4 Å². The number of ether oxygens (including phenoxy) is 1. The van der Waals surface area contributed by atoms with Gasteiger partial charge in [-0.15, -0.1) is 23.1 Å². The van der Waals surface area contributed by atoms with E-state index in [9.17, 15) is 9.59 Å². The highest BCUT2D eigenvalue weighted by molar-refractivity contribution is 8.00. The van der Waals surface area contributed by atoms with Crippen molar-refractivity contribution in [1.82, 2.24) is 0 Å². The molecule has 0 unspecified atom stereocenters. The number of rotatable bonds is 3. The molecule has 0 saturated carbocycles. The first kappa shape index (κ1) is 12.4. The summed E-state index contributed by atoms with van der Waals surface area (Å²) in [6, 6.07) is 1.73. The Labute approximate surface area is 108 Å². The smallest absolute Gasteiger partial charge is 0.350 e. The van der Waals surface area contributed by atoms with Crippen molar-refractivity contribution in [3.8, 4) is 0 Å². The first-order valence-corrected chi connectivity index (χ1v) is 7.23. The summed E-state index contributed by atoms with van der Waals surface area (Å²) in [5, 5.41) is 4.58. The molecule has 4 nitrogen and oxygen atoms in total. The number of hydrogen-bond donors (Lipinski definition) is 1. The molecule has 0 aromatic carbocycles. The minimum absolute atomic E-state index is 0.0143. The molecule has 0 aliphatic carbocycles. The number of methoxy groups -OCH3 is 1. The number of thiophene rings is 1. The number of hydrogen-bond acceptors (Lipinski definition) is 5. The van der Waals surface area contributed by atoms with Crippen molar-refractivity contribution in [1.29, 1.82) is 0 Å². The summed E-state index contributed by atoms with van der Waals surface area (Å²) in [7, 11) is 1.33. The van der Waals surface area contributed by atoms with Crippen molar-refractivity contribution in [2.45, 2.75) is 18.1 Å². The molecule has 1 amide bonds. The Kier molecular flexibility index (Phi) is 4.06. The molecular weight excluding hydrogens is 258 g/mol. The van der Waals surface area contributed by atoms with Gasteiger partial charge >= 0.3 is 5.97 Å². The van der Waals surface area contributed by atoms with Crippen molar-refractivity contribution in [2.24, 2.45) is 0 Å². The van der Waals surface area contributed by atoms with Crippen LogP contribution in [0.1, 0.15) is 22.5 Å². The maximum Gasteiger partial charge on any atom is 0.350 e. The summed E-state index contributed by atoms with van der Waals surface area (Å²) in [5.74, 6) is 0.608. The van der Waals surface area contributed by atoms with Crippen LogP contribution in [0.25, 0.3) is 0 Å². The lowest BCUT2D eigenvalue weighted by Crippen LogP contribution is -2.23. The number of carbonyl (C=O) groups excluding carboxylic acids is 2.